The number of carbonyl (C=O) groups is 1. The molecule has 0 saturated heterocycles. The molecule has 1 heterocycles. The number of hydrogen-bond donors (Lipinski definition) is 0. The molecule has 0 bridgehead atoms. The van der Waals surface area contributed by atoms with Crippen LogP contribution in [0.1, 0.15) is 9.67 Å². The highest BCUT2D eigenvalue weighted by atomic mass is 79.9. The van der Waals surface area contributed by atoms with Crippen molar-refractivity contribution < 1.29 is 13.6 Å². The van der Waals surface area contributed by atoms with Crippen LogP contribution in [0, 0.1) is 11.6 Å². The van der Waals surface area contributed by atoms with Crippen molar-refractivity contribution in [2.75, 3.05) is 5.75 Å². The van der Waals surface area contributed by atoms with Gasteiger partial charge in [0.15, 0.2) is 17.4 Å². The molecular formula is C12H7BrF2OS2. The molecule has 6 heteroatoms. The summed E-state index contributed by atoms with van der Waals surface area (Å²) >= 11 is 5.83. The zero-order valence-electron chi connectivity index (χ0n) is 8.95. The van der Waals surface area contributed by atoms with E-state index in [1.54, 1.807) is 6.07 Å². The molecule has 0 amide bonds. The van der Waals surface area contributed by atoms with Crippen molar-refractivity contribution in [1.29, 1.82) is 0 Å². The zero-order valence-corrected chi connectivity index (χ0v) is 12.2. The molecule has 18 heavy (non-hydrogen) atoms. The first kappa shape index (κ1) is 13.7. The molecule has 0 N–H and O–H groups in total. The molecule has 1 aromatic heterocycles. The van der Waals surface area contributed by atoms with Gasteiger partial charge in [-0.25, -0.2) is 8.78 Å². The van der Waals surface area contributed by atoms with Crippen LogP contribution in [0.3, 0.4) is 0 Å². The summed E-state index contributed by atoms with van der Waals surface area (Å²) in [6.07, 6.45) is 0. The molecule has 1 nitrogen and oxygen atoms in total. The Morgan fingerprint density at radius 3 is 2.67 bits per heavy atom. The van der Waals surface area contributed by atoms with Crippen LogP contribution in [0.25, 0.3) is 0 Å². The maximum absolute atomic E-state index is 13.0. The van der Waals surface area contributed by atoms with Crippen LogP contribution >= 0.6 is 39.0 Å². The number of halogens is 3. The largest absolute Gasteiger partial charge is 0.292 e. The average molecular weight is 349 g/mol. The Labute approximate surface area is 119 Å². The molecular weight excluding hydrogens is 342 g/mol. The minimum Gasteiger partial charge on any atom is -0.292 e. The van der Waals surface area contributed by atoms with Crippen molar-refractivity contribution in [3.8, 4) is 0 Å². The molecule has 0 fully saturated rings. The van der Waals surface area contributed by atoms with Gasteiger partial charge in [0.05, 0.1) is 10.6 Å². The Bertz CT molecular complexity index is 583. The van der Waals surface area contributed by atoms with E-state index in [2.05, 4.69) is 15.9 Å². The number of thiophene rings is 1. The first-order valence-electron chi connectivity index (χ1n) is 4.92. The van der Waals surface area contributed by atoms with E-state index in [4.69, 9.17) is 0 Å². The van der Waals surface area contributed by atoms with E-state index in [1.165, 1.54) is 29.2 Å². The summed E-state index contributed by atoms with van der Waals surface area (Å²) in [7, 11) is 0. The van der Waals surface area contributed by atoms with Gasteiger partial charge in [-0.05, 0) is 45.6 Å². The van der Waals surface area contributed by atoms with Gasteiger partial charge in [0.2, 0.25) is 0 Å². The zero-order chi connectivity index (χ0) is 13.1. The number of benzene rings is 1. The topological polar surface area (TPSA) is 17.1 Å². The van der Waals surface area contributed by atoms with Crippen LogP contribution in [0.5, 0.6) is 0 Å². The molecule has 0 aliphatic heterocycles. The molecule has 0 saturated carbocycles. The molecule has 0 aliphatic rings. The van der Waals surface area contributed by atoms with Crippen LogP contribution in [0.15, 0.2) is 39.0 Å². The quantitative estimate of drug-likeness (QED) is 0.585. The average Bonchev–Trinajstić information content (AvgIpc) is 2.77. The maximum Gasteiger partial charge on any atom is 0.184 e. The number of thioether (sulfide) groups is 1. The number of ketones is 1. The Morgan fingerprint density at radius 1 is 1.28 bits per heavy atom. The fraction of sp³-hybridized carbons (Fsp3) is 0.0833. The van der Waals surface area contributed by atoms with Gasteiger partial charge in [0.1, 0.15) is 0 Å². The summed E-state index contributed by atoms with van der Waals surface area (Å²) in [6.45, 7) is 0. The second kappa shape index (κ2) is 5.95. The van der Waals surface area contributed by atoms with Gasteiger partial charge in [-0.3, -0.25) is 4.79 Å². The van der Waals surface area contributed by atoms with Gasteiger partial charge in [0, 0.05) is 9.37 Å². The number of rotatable bonds is 4. The molecule has 0 unspecified atom stereocenters. The summed E-state index contributed by atoms with van der Waals surface area (Å²) in [5.74, 6) is -1.62. The summed E-state index contributed by atoms with van der Waals surface area (Å²) in [5.41, 5.74) is 0. The standard InChI is InChI=1S/C12H7BrF2OS2/c13-8-3-4-17-12(8)11(16)6-18-7-1-2-9(14)10(15)5-7/h1-5H,6H2. The van der Waals surface area contributed by atoms with Gasteiger partial charge in [0.25, 0.3) is 0 Å². The molecule has 1 aromatic carbocycles. The van der Waals surface area contributed by atoms with E-state index in [-0.39, 0.29) is 11.5 Å². The molecule has 0 spiro atoms. The lowest BCUT2D eigenvalue weighted by molar-refractivity contribution is 0.102. The SMILES string of the molecule is O=C(CSc1ccc(F)c(F)c1)c1sccc1Br. The monoisotopic (exact) mass is 348 g/mol. The fourth-order valence-corrected chi connectivity index (χ4v) is 3.69. The maximum atomic E-state index is 13.0. The summed E-state index contributed by atoms with van der Waals surface area (Å²) < 4.78 is 26.4. The number of carbonyl (C=O) groups excluding carboxylic acids is 1. The van der Waals surface area contributed by atoms with Crippen molar-refractivity contribution in [2.24, 2.45) is 0 Å². The van der Waals surface area contributed by atoms with Gasteiger partial charge >= 0.3 is 0 Å². The normalized spacial score (nSPS) is 10.6. The van der Waals surface area contributed by atoms with Gasteiger partial charge in [-0.1, -0.05) is 0 Å². The van der Waals surface area contributed by atoms with Crippen molar-refractivity contribution in [2.45, 2.75) is 4.90 Å². The van der Waals surface area contributed by atoms with E-state index in [0.29, 0.717) is 9.77 Å². The Balaban J connectivity index is 2.02. The van der Waals surface area contributed by atoms with Crippen molar-refractivity contribution in [3.05, 3.63) is 50.6 Å². The lowest BCUT2D eigenvalue weighted by Crippen LogP contribution is -2.00. The Morgan fingerprint density at radius 2 is 2.06 bits per heavy atom. The number of hydrogen-bond acceptors (Lipinski definition) is 3. The molecule has 0 atom stereocenters. The van der Waals surface area contributed by atoms with E-state index in [0.717, 1.165) is 16.6 Å². The first-order chi connectivity index (χ1) is 8.58. The molecule has 2 aromatic rings. The summed E-state index contributed by atoms with van der Waals surface area (Å²) in [6, 6.07) is 5.42. The van der Waals surface area contributed by atoms with Crippen LogP contribution in [0.4, 0.5) is 8.78 Å². The van der Waals surface area contributed by atoms with Gasteiger partial charge < -0.3 is 0 Å². The Hall–Kier alpha value is -0.720. The molecule has 2 rings (SSSR count). The second-order valence-electron chi connectivity index (χ2n) is 3.39. The smallest absolute Gasteiger partial charge is 0.184 e. The molecule has 0 radical (unpaired) electrons. The minimum atomic E-state index is -0.898. The van der Waals surface area contributed by atoms with Crippen LogP contribution in [-0.2, 0) is 0 Å². The van der Waals surface area contributed by atoms with E-state index >= 15 is 0 Å². The second-order valence-corrected chi connectivity index (χ2v) is 6.20. The summed E-state index contributed by atoms with van der Waals surface area (Å²) in [5, 5.41) is 1.82. The summed E-state index contributed by atoms with van der Waals surface area (Å²) in [4.78, 5) is 13.0. The van der Waals surface area contributed by atoms with Crippen molar-refractivity contribution in [3.63, 3.8) is 0 Å². The third-order valence-corrected chi connectivity index (χ3v) is 5.00. The molecule has 0 aliphatic carbocycles. The van der Waals surface area contributed by atoms with E-state index < -0.39 is 11.6 Å². The highest BCUT2D eigenvalue weighted by Gasteiger charge is 2.12. The van der Waals surface area contributed by atoms with Crippen LogP contribution in [0.2, 0.25) is 0 Å². The first-order valence-corrected chi connectivity index (χ1v) is 7.58. The predicted molar refractivity (Wildman–Crippen MR) is 73.4 cm³/mol. The predicted octanol–water partition coefficient (Wildman–Crippen LogP) is 4.76. The van der Waals surface area contributed by atoms with Crippen molar-refractivity contribution in [1.82, 2.24) is 0 Å². The third-order valence-electron chi connectivity index (χ3n) is 2.13. The lowest BCUT2D eigenvalue weighted by atomic mass is 10.3. The molecule has 94 valence electrons. The third kappa shape index (κ3) is 3.18. The van der Waals surface area contributed by atoms with E-state index in [9.17, 15) is 13.6 Å². The fourth-order valence-electron chi connectivity index (χ4n) is 1.27. The highest BCUT2D eigenvalue weighted by Crippen LogP contribution is 2.26. The number of Topliss-reactive ketones (excluding diaryl/α,β-unsaturated/α-hetero) is 1. The Kier molecular flexibility index (Phi) is 4.53. The van der Waals surface area contributed by atoms with Gasteiger partial charge in [-0.15, -0.1) is 23.1 Å². The minimum absolute atomic E-state index is 0.0355. The lowest BCUT2D eigenvalue weighted by Gasteiger charge is -2.01. The van der Waals surface area contributed by atoms with Gasteiger partial charge in [-0.2, -0.15) is 0 Å². The highest BCUT2D eigenvalue weighted by molar-refractivity contribution is 9.10. The van der Waals surface area contributed by atoms with E-state index in [1.807, 2.05) is 5.38 Å². The van der Waals surface area contributed by atoms with Crippen LogP contribution < -0.4 is 0 Å². The van der Waals surface area contributed by atoms with Crippen LogP contribution in [-0.4, -0.2) is 11.5 Å². The van der Waals surface area contributed by atoms with Crippen molar-refractivity contribution >= 4 is 44.8 Å².